The normalized spacial score (nSPS) is 12.4. The van der Waals surface area contributed by atoms with Gasteiger partial charge in [0.1, 0.15) is 6.17 Å². The van der Waals surface area contributed by atoms with Gasteiger partial charge in [-0.25, -0.2) is 4.39 Å². The summed E-state index contributed by atoms with van der Waals surface area (Å²) in [5.41, 5.74) is 1.72. The van der Waals surface area contributed by atoms with Gasteiger partial charge in [-0.15, -0.1) is 0 Å². The number of amides is 1. The molecule has 116 valence electrons. The lowest BCUT2D eigenvalue weighted by Crippen LogP contribution is -2.56. The van der Waals surface area contributed by atoms with Crippen molar-refractivity contribution in [2.75, 3.05) is 12.0 Å². The molecule has 21 heavy (non-hydrogen) atoms. The van der Waals surface area contributed by atoms with Crippen LogP contribution in [-0.4, -0.2) is 27.7 Å². The van der Waals surface area contributed by atoms with Gasteiger partial charge in [0.15, 0.2) is 11.8 Å². The molecular formula is C12H13Cl3FN3OS. The van der Waals surface area contributed by atoms with Crippen LogP contribution in [0, 0.1) is 6.92 Å². The van der Waals surface area contributed by atoms with Crippen molar-refractivity contribution in [3.05, 3.63) is 29.8 Å². The van der Waals surface area contributed by atoms with Gasteiger partial charge in [-0.05, 0) is 30.8 Å². The number of carbonyl (C=O) groups is 1. The number of alkyl halides is 4. The Balaban J connectivity index is 2.73. The van der Waals surface area contributed by atoms with E-state index in [9.17, 15) is 9.18 Å². The second-order valence-electron chi connectivity index (χ2n) is 4.09. The summed E-state index contributed by atoms with van der Waals surface area (Å²) in [6.45, 7) is 0.666. The third kappa shape index (κ3) is 6.22. The van der Waals surface area contributed by atoms with Gasteiger partial charge in [0.05, 0.1) is 0 Å². The van der Waals surface area contributed by atoms with E-state index in [1.54, 1.807) is 0 Å². The number of nitrogens with one attached hydrogen (secondary N) is 3. The van der Waals surface area contributed by atoms with Crippen molar-refractivity contribution in [1.29, 1.82) is 0 Å². The minimum atomic E-state index is -1.90. The number of carbonyl (C=O) groups excluding carboxylic acids is 1. The molecule has 4 nitrogen and oxygen atoms in total. The van der Waals surface area contributed by atoms with Crippen molar-refractivity contribution in [3.8, 4) is 0 Å². The molecule has 1 rings (SSSR count). The maximum atomic E-state index is 12.3. The van der Waals surface area contributed by atoms with Crippen molar-refractivity contribution < 1.29 is 9.18 Å². The van der Waals surface area contributed by atoms with E-state index < -0.39 is 22.5 Å². The van der Waals surface area contributed by atoms with E-state index in [0.717, 1.165) is 11.3 Å². The number of hydrogen-bond acceptors (Lipinski definition) is 2. The molecule has 0 saturated heterocycles. The van der Waals surface area contributed by atoms with Crippen LogP contribution in [0.15, 0.2) is 24.3 Å². The first-order chi connectivity index (χ1) is 9.74. The summed E-state index contributed by atoms with van der Waals surface area (Å²) in [7, 11) is 0. The van der Waals surface area contributed by atoms with E-state index >= 15 is 0 Å². The Morgan fingerprint density at radius 3 is 2.48 bits per heavy atom. The van der Waals surface area contributed by atoms with Gasteiger partial charge in [-0.2, -0.15) is 0 Å². The lowest BCUT2D eigenvalue weighted by Gasteiger charge is -2.27. The number of rotatable bonds is 4. The smallest absolute Gasteiger partial charge is 0.253 e. The van der Waals surface area contributed by atoms with Crippen LogP contribution in [0.4, 0.5) is 10.1 Å². The van der Waals surface area contributed by atoms with Gasteiger partial charge < -0.3 is 16.0 Å². The van der Waals surface area contributed by atoms with Gasteiger partial charge in [0, 0.05) is 5.69 Å². The van der Waals surface area contributed by atoms with Crippen LogP contribution in [0.5, 0.6) is 0 Å². The Kier molecular flexibility index (Phi) is 6.93. The Bertz CT molecular complexity index is 525. The molecule has 9 heteroatoms. The summed E-state index contributed by atoms with van der Waals surface area (Å²) in [5, 5.41) is 7.84. The van der Waals surface area contributed by atoms with Gasteiger partial charge in [-0.3, -0.25) is 4.79 Å². The van der Waals surface area contributed by atoms with E-state index in [1.807, 2.05) is 31.2 Å². The van der Waals surface area contributed by atoms with Crippen molar-refractivity contribution in [2.24, 2.45) is 0 Å². The Morgan fingerprint density at radius 2 is 1.95 bits per heavy atom. The highest BCUT2D eigenvalue weighted by atomic mass is 35.6. The van der Waals surface area contributed by atoms with E-state index in [1.165, 1.54) is 0 Å². The highest BCUT2D eigenvalue weighted by molar-refractivity contribution is 7.80. The number of halogens is 4. The summed E-state index contributed by atoms with van der Waals surface area (Å²) >= 11 is 22.3. The van der Waals surface area contributed by atoms with Crippen LogP contribution in [0.3, 0.4) is 0 Å². The quantitative estimate of drug-likeness (QED) is 0.432. The minimum absolute atomic E-state index is 0.125. The average Bonchev–Trinajstić information content (AvgIpc) is 2.39. The Morgan fingerprint density at radius 1 is 1.33 bits per heavy atom. The zero-order valence-electron chi connectivity index (χ0n) is 10.9. The zero-order chi connectivity index (χ0) is 16.0. The van der Waals surface area contributed by atoms with E-state index in [2.05, 4.69) is 16.0 Å². The second-order valence-corrected chi connectivity index (χ2v) is 6.87. The van der Waals surface area contributed by atoms with E-state index in [-0.39, 0.29) is 5.11 Å². The fourth-order valence-corrected chi connectivity index (χ4v) is 1.96. The van der Waals surface area contributed by atoms with Gasteiger partial charge in [0.25, 0.3) is 5.91 Å². The number of para-hydroxylation sites is 1. The molecular weight excluding hydrogens is 360 g/mol. The molecule has 1 atom stereocenters. The first kappa shape index (κ1) is 18.2. The predicted molar refractivity (Wildman–Crippen MR) is 88.7 cm³/mol. The van der Waals surface area contributed by atoms with Crippen LogP contribution in [0.25, 0.3) is 0 Å². The molecule has 0 aliphatic rings. The minimum Gasteiger partial charge on any atom is -0.339 e. The maximum absolute atomic E-state index is 12.3. The number of hydrogen-bond donors (Lipinski definition) is 3. The van der Waals surface area contributed by atoms with E-state index in [0.29, 0.717) is 0 Å². The van der Waals surface area contributed by atoms with E-state index in [4.69, 9.17) is 47.0 Å². The largest absolute Gasteiger partial charge is 0.339 e. The van der Waals surface area contributed by atoms with Crippen molar-refractivity contribution in [3.63, 3.8) is 0 Å². The molecule has 0 fully saturated rings. The number of benzene rings is 1. The highest BCUT2D eigenvalue weighted by Crippen LogP contribution is 2.29. The summed E-state index contributed by atoms with van der Waals surface area (Å²) in [5.74, 6) is -0.919. The summed E-state index contributed by atoms with van der Waals surface area (Å²) in [6.07, 6.45) is -1.17. The SMILES string of the molecule is Cc1ccccc1NC(=S)N[C@H](NC(=O)CF)C(Cl)(Cl)Cl. The fourth-order valence-electron chi connectivity index (χ4n) is 1.40. The Labute approximate surface area is 142 Å². The summed E-state index contributed by atoms with van der Waals surface area (Å²) < 4.78 is 10.4. The zero-order valence-corrected chi connectivity index (χ0v) is 14.0. The van der Waals surface area contributed by atoms with Crippen molar-refractivity contribution in [2.45, 2.75) is 16.9 Å². The van der Waals surface area contributed by atoms with Gasteiger partial charge in [-0.1, -0.05) is 53.0 Å². The summed E-state index contributed by atoms with van der Waals surface area (Å²) in [4.78, 5) is 11.1. The second kappa shape index (κ2) is 7.98. The fraction of sp³-hybridized carbons (Fsp3) is 0.333. The van der Waals surface area contributed by atoms with Crippen LogP contribution >= 0.6 is 47.0 Å². The van der Waals surface area contributed by atoms with Crippen molar-refractivity contribution in [1.82, 2.24) is 10.6 Å². The van der Waals surface area contributed by atoms with Crippen LogP contribution < -0.4 is 16.0 Å². The molecule has 0 aliphatic carbocycles. The molecule has 0 radical (unpaired) electrons. The summed E-state index contributed by atoms with van der Waals surface area (Å²) in [6, 6.07) is 7.41. The molecule has 1 aromatic carbocycles. The first-order valence-corrected chi connectivity index (χ1v) is 7.33. The molecule has 0 spiro atoms. The molecule has 1 aromatic rings. The predicted octanol–water partition coefficient (Wildman–Crippen LogP) is 3.06. The lowest BCUT2D eigenvalue weighted by atomic mass is 10.2. The third-order valence-electron chi connectivity index (χ3n) is 2.42. The lowest BCUT2D eigenvalue weighted by molar-refractivity contribution is -0.122. The average molecular weight is 373 g/mol. The molecule has 0 heterocycles. The van der Waals surface area contributed by atoms with Gasteiger partial charge in [0.2, 0.25) is 3.79 Å². The molecule has 0 saturated carbocycles. The van der Waals surface area contributed by atoms with Gasteiger partial charge >= 0.3 is 0 Å². The first-order valence-electron chi connectivity index (χ1n) is 5.79. The molecule has 0 unspecified atom stereocenters. The number of aryl methyl sites for hydroxylation is 1. The number of anilines is 1. The van der Waals surface area contributed by atoms with Crippen molar-refractivity contribution >= 4 is 63.7 Å². The van der Waals surface area contributed by atoms with Crippen LogP contribution in [0.2, 0.25) is 0 Å². The molecule has 1 amide bonds. The van der Waals surface area contributed by atoms with Crippen LogP contribution in [-0.2, 0) is 4.79 Å². The maximum Gasteiger partial charge on any atom is 0.253 e. The Hall–Kier alpha value is -0.820. The molecule has 0 aliphatic heterocycles. The topological polar surface area (TPSA) is 53.2 Å². The number of thiocarbonyl (C=S) groups is 1. The molecule has 3 N–H and O–H groups in total. The monoisotopic (exact) mass is 371 g/mol. The standard InChI is InChI=1S/C12H13Cl3FN3OS/c1-7-4-2-3-5-8(7)17-11(21)19-10(12(13,14)15)18-9(20)6-16/h2-5,10H,6H2,1H3,(H,18,20)(H2,17,19,21)/t10-/m0/s1. The highest BCUT2D eigenvalue weighted by Gasteiger charge is 2.34. The molecule has 0 aromatic heterocycles. The van der Waals surface area contributed by atoms with Crippen LogP contribution in [0.1, 0.15) is 5.56 Å². The third-order valence-corrected chi connectivity index (χ3v) is 3.30. The molecule has 0 bridgehead atoms.